The van der Waals surface area contributed by atoms with Gasteiger partial charge in [-0.1, -0.05) is 11.6 Å². The number of H-pyrrole nitrogens is 1. The fraction of sp³-hybridized carbons (Fsp3) is 0.333. The number of aromatic nitrogens is 2. The van der Waals surface area contributed by atoms with Crippen molar-refractivity contribution in [1.82, 2.24) is 14.9 Å². The van der Waals surface area contributed by atoms with Crippen molar-refractivity contribution >= 4 is 17.5 Å². The third-order valence-electron chi connectivity index (χ3n) is 3.52. The van der Waals surface area contributed by atoms with Crippen LogP contribution in [-0.4, -0.2) is 40.5 Å². The summed E-state index contributed by atoms with van der Waals surface area (Å²) in [7, 11) is 0. The second-order valence-corrected chi connectivity index (χ2v) is 5.48. The number of ether oxygens (including phenoxy) is 1. The van der Waals surface area contributed by atoms with E-state index in [0.29, 0.717) is 30.3 Å². The standard InChI is InChI=1S/C15H16ClN3O2/c1-10-8-17-14(18-10)13-9-21-7-6-19(13)15(20)11-2-4-12(16)5-3-11/h2-5,8,13H,6-7,9H2,1H3,(H,17,18)/t13-/m1/s1. The molecule has 0 bridgehead atoms. The number of aryl methyl sites for hydroxylation is 1. The molecule has 1 aromatic carbocycles. The second kappa shape index (κ2) is 5.87. The number of nitrogens with zero attached hydrogens (tertiary/aromatic N) is 2. The first-order valence-electron chi connectivity index (χ1n) is 6.81. The summed E-state index contributed by atoms with van der Waals surface area (Å²) in [6.45, 7) is 3.47. The predicted octanol–water partition coefficient (Wildman–Crippen LogP) is 2.59. The molecule has 1 atom stereocenters. The molecule has 1 aliphatic rings. The van der Waals surface area contributed by atoms with Crippen LogP contribution in [0.4, 0.5) is 0 Å². The Balaban J connectivity index is 1.87. The highest BCUT2D eigenvalue weighted by atomic mass is 35.5. The molecule has 1 fully saturated rings. The van der Waals surface area contributed by atoms with Crippen LogP contribution in [0.5, 0.6) is 0 Å². The minimum Gasteiger partial charge on any atom is -0.377 e. The number of amides is 1. The molecule has 0 unspecified atom stereocenters. The van der Waals surface area contributed by atoms with Gasteiger partial charge >= 0.3 is 0 Å². The van der Waals surface area contributed by atoms with E-state index in [2.05, 4.69) is 9.97 Å². The van der Waals surface area contributed by atoms with Crippen molar-refractivity contribution in [3.8, 4) is 0 Å². The molecule has 5 nitrogen and oxygen atoms in total. The number of carbonyl (C=O) groups is 1. The largest absolute Gasteiger partial charge is 0.377 e. The number of halogens is 1. The summed E-state index contributed by atoms with van der Waals surface area (Å²) in [5.74, 6) is 0.725. The number of rotatable bonds is 2. The molecule has 110 valence electrons. The van der Waals surface area contributed by atoms with E-state index in [9.17, 15) is 4.79 Å². The van der Waals surface area contributed by atoms with Crippen molar-refractivity contribution in [2.75, 3.05) is 19.8 Å². The van der Waals surface area contributed by atoms with Gasteiger partial charge in [-0.3, -0.25) is 4.79 Å². The molecule has 0 saturated carbocycles. The second-order valence-electron chi connectivity index (χ2n) is 5.05. The van der Waals surface area contributed by atoms with E-state index < -0.39 is 0 Å². The minimum atomic E-state index is -0.185. The van der Waals surface area contributed by atoms with Gasteiger partial charge in [0.05, 0.1) is 13.2 Å². The Morgan fingerprint density at radius 1 is 1.43 bits per heavy atom. The van der Waals surface area contributed by atoms with Crippen molar-refractivity contribution in [2.24, 2.45) is 0 Å². The molecule has 21 heavy (non-hydrogen) atoms. The zero-order valence-corrected chi connectivity index (χ0v) is 12.4. The lowest BCUT2D eigenvalue weighted by Gasteiger charge is -2.34. The molecule has 1 amide bonds. The van der Waals surface area contributed by atoms with Crippen LogP contribution in [0, 0.1) is 6.92 Å². The van der Waals surface area contributed by atoms with Gasteiger partial charge in [0.15, 0.2) is 0 Å². The van der Waals surface area contributed by atoms with Crippen molar-refractivity contribution in [2.45, 2.75) is 13.0 Å². The van der Waals surface area contributed by atoms with Gasteiger partial charge in [0.2, 0.25) is 0 Å². The summed E-state index contributed by atoms with van der Waals surface area (Å²) in [5, 5.41) is 0.617. The smallest absolute Gasteiger partial charge is 0.254 e. The number of imidazole rings is 1. The molecule has 1 aliphatic heterocycles. The maximum absolute atomic E-state index is 12.7. The Bertz CT molecular complexity index is 639. The molecule has 1 aromatic heterocycles. The summed E-state index contributed by atoms with van der Waals surface area (Å²) in [6, 6.07) is 6.74. The molecule has 2 aromatic rings. The van der Waals surface area contributed by atoms with E-state index in [-0.39, 0.29) is 11.9 Å². The van der Waals surface area contributed by atoms with Gasteiger partial charge in [-0.15, -0.1) is 0 Å². The number of hydrogen-bond acceptors (Lipinski definition) is 3. The van der Waals surface area contributed by atoms with Crippen LogP contribution < -0.4 is 0 Å². The lowest BCUT2D eigenvalue weighted by atomic mass is 10.1. The monoisotopic (exact) mass is 305 g/mol. The molecule has 6 heteroatoms. The SMILES string of the molecule is Cc1cnc([C@H]2COCCN2C(=O)c2ccc(Cl)cc2)[nH]1. The Morgan fingerprint density at radius 2 is 2.19 bits per heavy atom. The summed E-state index contributed by atoms with van der Waals surface area (Å²) < 4.78 is 5.51. The number of carbonyl (C=O) groups excluding carboxylic acids is 1. The van der Waals surface area contributed by atoms with Crippen molar-refractivity contribution < 1.29 is 9.53 Å². The molecule has 0 aliphatic carbocycles. The number of aromatic amines is 1. The first kappa shape index (κ1) is 14.1. The van der Waals surface area contributed by atoms with Gasteiger partial charge in [-0.2, -0.15) is 0 Å². The average molecular weight is 306 g/mol. The van der Waals surface area contributed by atoms with Gasteiger partial charge in [0.25, 0.3) is 5.91 Å². The lowest BCUT2D eigenvalue weighted by Crippen LogP contribution is -2.43. The fourth-order valence-electron chi connectivity index (χ4n) is 2.43. The molecule has 1 saturated heterocycles. The van der Waals surface area contributed by atoms with Crippen LogP contribution in [0.1, 0.15) is 27.9 Å². The summed E-state index contributed by atoms with van der Waals surface area (Å²) in [4.78, 5) is 22.0. The summed E-state index contributed by atoms with van der Waals surface area (Å²) >= 11 is 5.87. The maximum Gasteiger partial charge on any atom is 0.254 e. The highest BCUT2D eigenvalue weighted by Crippen LogP contribution is 2.24. The summed E-state index contributed by atoms with van der Waals surface area (Å²) in [6.07, 6.45) is 1.76. The Labute approximate surface area is 127 Å². The highest BCUT2D eigenvalue weighted by Gasteiger charge is 2.31. The van der Waals surface area contributed by atoms with E-state index in [4.69, 9.17) is 16.3 Å². The topological polar surface area (TPSA) is 58.2 Å². The maximum atomic E-state index is 12.7. The van der Waals surface area contributed by atoms with Gasteiger partial charge in [-0.05, 0) is 31.2 Å². The summed E-state index contributed by atoms with van der Waals surface area (Å²) in [5.41, 5.74) is 1.59. The zero-order chi connectivity index (χ0) is 14.8. The quantitative estimate of drug-likeness (QED) is 0.928. The highest BCUT2D eigenvalue weighted by molar-refractivity contribution is 6.30. The van der Waals surface area contributed by atoms with Crippen LogP contribution in [0.2, 0.25) is 5.02 Å². The van der Waals surface area contributed by atoms with Crippen LogP contribution in [0.25, 0.3) is 0 Å². The molecule has 0 radical (unpaired) electrons. The van der Waals surface area contributed by atoms with Gasteiger partial charge in [0.1, 0.15) is 11.9 Å². The van der Waals surface area contributed by atoms with Crippen LogP contribution in [0.15, 0.2) is 30.5 Å². The van der Waals surface area contributed by atoms with Gasteiger partial charge in [0, 0.05) is 29.0 Å². The third kappa shape index (κ3) is 2.94. The fourth-order valence-corrected chi connectivity index (χ4v) is 2.56. The molecule has 3 rings (SSSR count). The number of nitrogens with one attached hydrogen (secondary N) is 1. The van der Waals surface area contributed by atoms with Gasteiger partial charge in [-0.25, -0.2) is 4.98 Å². The predicted molar refractivity (Wildman–Crippen MR) is 79.4 cm³/mol. The van der Waals surface area contributed by atoms with Crippen molar-refractivity contribution in [1.29, 1.82) is 0 Å². The van der Waals surface area contributed by atoms with E-state index in [1.54, 1.807) is 35.4 Å². The van der Waals surface area contributed by atoms with Crippen LogP contribution >= 0.6 is 11.6 Å². The first-order chi connectivity index (χ1) is 10.1. The lowest BCUT2D eigenvalue weighted by molar-refractivity contribution is -0.00500. The van der Waals surface area contributed by atoms with E-state index >= 15 is 0 Å². The van der Waals surface area contributed by atoms with Crippen LogP contribution in [0.3, 0.4) is 0 Å². The van der Waals surface area contributed by atoms with E-state index in [0.717, 1.165) is 11.5 Å². The molecule has 1 N–H and O–H groups in total. The Kier molecular flexibility index (Phi) is 3.94. The van der Waals surface area contributed by atoms with E-state index in [1.165, 1.54) is 0 Å². The number of hydrogen-bond donors (Lipinski definition) is 1. The normalized spacial score (nSPS) is 18.8. The van der Waals surface area contributed by atoms with Crippen LogP contribution in [-0.2, 0) is 4.74 Å². The molecular weight excluding hydrogens is 290 g/mol. The first-order valence-corrected chi connectivity index (χ1v) is 7.19. The van der Waals surface area contributed by atoms with Crippen molar-refractivity contribution in [3.63, 3.8) is 0 Å². The molecule has 0 spiro atoms. The zero-order valence-electron chi connectivity index (χ0n) is 11.7. The Hall–Kier alpha value is -1.85. The minimum absolute atomic E-state index is 0.0333. The molecular formula is C15H16ClN3O2. The Morgan fingerprint density at radius 3 is 2.86 bits per heavy atom. The number of benzene rings is 1. The third-order valence-corrected chi connectivity index (χ3v) is 3.77. The average Bonchev–Trinajstić information content (AvgIpc) is 2.94. The van der Waals surface area contributed by atoms with Crippen molar-refractivity contribution in [3.05, 3.63) is 52.6 Å². The van der Waals surface area contributed by atoms with Gasteiger partial charge < -0.3 is 14.6 Å². The molecule has 2 heterocycles. The number of morpholine rings is 1. The van der Waals surface area contributed by atoms with E-state index in [1.807, 2.05) is 6.92 Å².